The molecule has 0 aliphatic heterocycles. The molecule has 2 aromatic heterocycles. The van der Waals surface area contributed by atoms with Gasteiger partial charge in [0.25, 0.3) is 0 Å². The molecule has 3 rings (SSSR count). The Morgan fingerprint density at radius 2 is 1.94 bits per heavy atom. The van der Waals surface area contributed by atoms with Crippen molar-refractivity contribution in [3.8, 4) is 17.5 Å². The Kier molecular flexibility index (Phi) is 2.06. The Labute approximate surface area is 96.8 Å². The predicted molar refractivity (Wildman–Crippen MR) is 61.8 cm³/mol. The quantitative estimate of drug-likeness (QED) is 0.680. The molecule has 0 radical (unpaired) electrons. The molecule has 17 heavy (non-hydrogen) atoms. The first kappa shape index (κ1) is 9.48. The van der Waals surface area contributed by atoms with Crippen molar-refractivity contribution in [2.24, 2.45) is 0 Å². The molecular weight excluding hydrogens is 214 g/mol. The van der Waals surface area contributed by atoms with Gasteiger partial charge >= 0.3 is 0 Å². The number of nitriles is 1. The first-order valence-corrected chi connectivity index (χ1v) is 5.05. The van der Waals surface area contributed by atoms with Gasteiger partial charge in [0.2, 0.25) is 0 Å². The fourth-order valence-corrected chi connectivity index (χ4v) is 1.63. The zero-order chi connectivity index (χ0) is 11.7. The smallest absolute Gasteiger partial charge is 0.172 e. The molecule has 0 unspecified atom stereocenters. The number of rotatable bonds is 1. The molecule has 0 bridgehead atoms. The van der Waals surface area contributed by atoms with Crippen LogP contribution >= 0.6 is 0 Å². The molecular formula is C12H7N5. The molecule has 0 aliphatic carbocycles. The Morgan fingerprint density at radius 1 is 1.12 bits per heavy atom. The maximum Gasteiger partial charge on any atom is 0.172 e. The van der Waals surface area contributed by atoms with Crippen LogP contribution < -0.4 is 0 Å². The van der Waals surface area contributed by atoms with E-state index in [-0.39, 0.29) is 5.69 Å². The molecule has 5 heteroatoms. The van der Waals surface area contributed by atoms with E-state index >= 15 is 0 Å². The van der Waals surface area contributed by atoms with Gasteiger partial charge < -0.3 is 4.98 Å². The molecule has 2 heterocycles. The lowest BCUT2D eigenvalue weighted by molar-refractivity contribution is 1.18. The first-order chi connectivity index (χ1) is 8.38. The highest BCUT2D eigenvalue weighted by molar-refractivity contribution is 5.77. The summed E-state index contributed by atoms with van der Waals surface area (Å²) >= 11 is 0. The zero-order valence-corrected chi connectivity index (χ0v) is 8.75. The third kappa shape index (κ3) is 1.52. The van der Waals surface area contributed by atoms with E-state index in [0.717, 1.165) is 5.56 Å². The number of aromatic nitrogens is 4. The molecule has 0 amide bonds. The van der Waals surface area contributed by atoms with Crippen molar-refractivity contribution in [1.82, 2.24) is 19.9 Å². The summed E-state index contributed by atoms with van der Waals surface area (Å²) in [5, 5.41) is 9.03. The Morgan fingerprint density at radius 3 is 2.71 bits per heavy atom. The summed E-state index contributed by atoms with van der Waals surface area (Å²) in [5.41, 5.74) is 2.25. The molecule has 0 saturated heterocycles. The average molecular weight is 221 g/mol. The number of imidazole rings is 1. The number of hydrogen-bond donors (Lipinski definition) is 1. The molecule has 80 valence electrons. The van der Waals surface area contributed by atoms with Gasteiger partial charge in [-0.1, -0.05) is 30.3 Å². The van der Waals surface area contributed by atoms with E-state index in [1.54, 1.807) is 0 Å². The van der Waals surface area contributed by atoms with Crippen molar-refractivity contribution >= 4 is 11.2 Å². The number of aromatic amines is 1. The summed E-state index contributed by atoms with van der Waals surface area (Å²) in [4.78, 5) is 15.5. The molecule has 0 saturated carbocycles. The largest absolute Gasteiger partial charge is 0.329 e. The Balaban J connectivity index is 2.29. The first-order valence-electron chi connectivity index (χ1n) is 5.05. The standard InChI is InChI=1S/C12H7N5/c13-6-9-10-12(15-7-14-10)17-11(16-9)8-4-2-1-3-5-8/h1-5,7H,(H,14,15,16,17). The van der Waals surface area contributed by atoms with Crippen LogP contribution in [0.5, 0.6) is 0 Å². The number of nitrogens with one attached hydrogen (secondary N) is 1. The van der Waals surface area contributed by atoms with Crippen molar-refractivity contribution in [2.45, 2.75) is 0 Å². The van der Waals surface area contributed by atoms with E-state index in [0.29, 0.717) is 17.0 Å². The van der Waals surface area contributed by atoms with Crippen molar-refractivity contribution in [3.63, 3.8) is 0 Å². The topological polar surface area (TPSA) is 78.2 Å². The average Bonchev–Trinajstić information content (AvgIpc) is 2.86. The van der Waals surface area contributed by atoms with E-state index in [1.165, 1.54) is 6.33 Å². The fourth-order valence-electron chi connectivity index (χ4n) is 1.63. The molecule has 0 aliphatic rings. The molecule has 3 aromatic rings. The lowest BCUT2D eigenvalue weighted by Gasteiger charge is -2.00. The van der Waals surface area contributed by atoms with E-state index in [9.17, 15) is 0 Å². The van der Waals surface area contributed by atoms with Gasteiger partial charge in [-0.25, -0.2) is 15.0 Å². The monoisotopic (exact) mass is 221 g/mol. The number of hydrogen-bond acceptors (Lipinski definition) is 4. The van der Waals surface area contributed by atoms with Gasteiger partial charge in [0.05, 0.1) is 6.33 Å². The zero-order valence-electron chi connectivity index (χ0n) is 8.75. The lowest BCUT2D eigenvalue weighted by Crippen LogP contribution is -1.94. The van der Waals surface area contributed by atoms with Gasteiger partial charge in [-0.2, -0.15) is 5.26 Å². The second-order valence-corrected chi connectivity index (χ2v) is 3.47. The van der Waals surface area contributed by atoms with Crippen molar-refractivity contribution in [2.75, 3.05) is 0 Å². The van der Waals surface area contributed by atoms with Gasteiger partial charge in [-0.15, -0.1) is 0 Å². The minimum absolute atomic E-state index is 0.287. The summed E-state index contributed by atoms with van der Waals surface area (Å²) in [5.74, 6) is 0.527. The molecule has 0 fully saturated rings. The van der Waals surface area contributed by atoms with E-state index in [2.05, 4.69) is 19.9 Å². The van der Waals surface area contributed by atoms with Crippen molar-refractivity contribution in [3.05, 3.63) is 42.4 Å². The van der Waals surface area contributed by atoms with Crippen LogP contribution in [0.1, 0.15) is 5.69 Å². The second kappa shape index (κ2) is 3.68. The van der Waals surface area contributed by atoms with Crippen LogP contribution in [0, 0.1) is 11.3 Å². The van der Waals surface area contributed by atoms with Gasteiger partial charge in [0.15, 0.2) is 17.2 Å². The molecule has 0 atom stereocenters. The van der Waals surface area contributed by atoms with Crippen LogP contribution in [-0.4, -0.2) is 19.9 Å². The third-order valence-corrected chi connectivity index (χ3v) is 2.42. The number of benzene rings is 1. The van der Waals surface area contributed by atoms with E-state index in [1.807, 2.05) is 36.4 Å². The van der Waals surface area contributed by atoms with Crippen LogP contribution in [0.15, 0.2) is 36.7 Å². The van der Waals surface area contributed by atoms with Crippen molar-refractivity contribution < 1.29 is 0 Å². The second-order valence-electron chi connectivity index (χ2n) is 3.47. The highest BCUT2D eigenvalue weighted by atomic mass is 15.0. The predicted octanol–water partition coefficient (Wildman–Crippen LogP) is 1.89. The number of fused-ring (bicyclic) bond motifs is 1. The van der Waals surface area contributed by atoms with Crippen LogP contribution in [0.2, 0.25) is 0 Å². The van der Waals surface area contributed by atoms with E-state index < -0.39 is 0 Å². The third-order valence-electron chi connectivity index (χ3n) is 2.42. The summed E-state index contributed by atoms with van der Waals surface area (Å²) in [6.45, 7) is 0. The van der Waals surface area contributed by atoms with Crippen LogP contribution in [0.4, 0.5) is 0 Å². The van der Waals surface area contributed by atoms with Crippen LogP contribution in [0.3, 0.4) is 0 Å². The molecule has 1 aromatic carbocycles. The molecule has 5 nitrogen and oxygen atoms in total. The van der Waals surface area contributed by atoms with Crippen LogP contribution in [0.25, 0.3) is 22.6 Å². The Bertz CT molecular complexity index is 709. The van der Waals surface area contributed by atoms with Crippen molar-refractivity contribution in [1.29, 1.82) is 5.26 Å². The highest BCUT2D eigenvalue weighted by Crippen LogP contribution is 2.18. The number of H-pyrrole nitrogens is 1. The highest BCUT2D eigenvalue weighted by Gasteiger charge is 2.10. The van der Waals surface area contributed by atoms with Gasteiger partial charge in [-0.05, 0) is 0 Å². The normalized spacial score (nSPS) is 10.3. The summed E-state index contributed by atoms with van der Waals surface area (Å²) in [6, 6.07) is 11.6. The fraction of sp³-hybridized carbons (Fsp3) is 0. The summed E-state index contributed by atoms with van der Waals surface area (Å²) < 4.78 is 0. The van der Waals surface area contributed by atoms with Gasteiger partial charge in [0, 0.05) is 5.56 Å². The number of nitrogens with zero attached hydrogens (tertiary/aromatic N) is 4. The van der Waals surface area contributed by atoms with E-state index in [4.69, 9.17) is 5.26 Å². The summed E-state index contributed by atoms with van der Waals surface area (Å²) in [6.07, 6.45) is 1.51. The maximum atomic E-state index is 9.03. The minimum atomic E-state index is 0.287. The van der Waals surface area contributed by atoms with Gasteiger partial charge in [0.1, 0.15) is 11.6 Å². The Hall–Kier alpha value is -2.74. The minimum Gasteiger partial charge on any atom is -0.329 e. The van der Waals surface area contributed by atoms with Gasteiger partial charge in [-0.3, -0.25) is 0 Å². The SMILES string of the molecule is N#Cc1nc(-c2ccccc2)nc2[nH]cnc12. The lowest BCUT2D eigenvalue weighted by atomic mass is 10.2. The van der Waals surface area contributed by atoms with Crippen LogP contribution in [-0.2, 0) is 0 Å². The molecule has 1 N–H and O–H groups in total. The molecule has 0 spiro atoms. The maximum absolute atomic E-state index is 9.03. The summed E-state index contributed by atoms with van der Waals surface area (Å²) in [7, 11) is 0.